The number of anilines is 1. The second-order valence-electron chi connectivity index (χ2n) is 3.22. The van der Waals surface area contributed by atoms with Gasteiger partial charge in [-0.25, -0.2) is 4.79 Å². The van der Waals surface area contributed by atoms with E-state index in [4.69, 9.17) is 0 Å². The molecule has 0 saturated carbocycles. The number of nitro benzene ring substituents is 1. The maximum absolute atomic E-state index is 11.4. The van der Waals surface area contributed by atoms with Crippen LogP contribution in [-0.4, -0.2) is 22.2 Å². The topological polar surface area (TPSA) is 101 Å². The van der Waals surface area contributed by atoms with Crippen LogP contribution in [0, 0.1) is 10.1 Å². The average Bonchev–Trinajstić information content (AvgIpc) is 2.29. The Morgan fingerprint density at radius 2 is 2.00 bits per heavy atom. The van der Waals surface area contributed by atoms with Crippen LogP contribution in [0.15, 0.2) is 24.3 Å². The molecule has 0 aromatic heterocycles. The van der Waals surface area contributed by atoms with Crippen LogP contribution in [-0.2, 0) is 4.79 Å². The van der Waals surface area contributed by atoms with Gasteiger partial charge < -0.3 is 5.32 Å². The Labute approximate surface area is 111 Å². The van der Waals surface area contributed by atoms with Crippen molar-refractivity contribution < 1.29 is 14.5 Å². The number of nitro groups is 1. The van der Waals surface area contributed by atoms with Gasteiger partial charge in [-0.2, -0.15) is 0 Å². The van der Waals surface area contributed by atoms with Crippen LogP contribution < -0.4 is 10.6 Å². The summed E-state index contributed by atoms with van der Waals surface area (Å²) in [5.74, 6) is -0.469. The summed E-state index contributed by atoms with van der Waals surface area (Å²) in [6.07, 6.45) is 0.143. The minimum Gasteiger partial charge on any atom is -0.302 e. The highest BCUT2D eigenvalue weighted by Crippen LogP contribution is 2.22. The molecule has 7 nitrogen and oxygen atoms in total. The molecule has 0 saturated heterocycles. The number of imide groups is 1. The van der Waals surface area contributed by atoms with E-state index in [-0.39, 0.29) is 17.8 Å². The predicted octanol–water partition coefficient (Wildman–Crippen LogP) is 2.03. The van der Waals surface area contributed by atoms with Crippen molar-refractivity contribution in [3.05, 3.63) is 34.4 Å². The fraction of sp³-hybridized carbons (Fsp3) is 0.200. The third kappa shape index (κ3) is 4.13. The number of hydrogen-bond donors (Lipinski definition) is 2. The summed E-state index contributed by atoms with van der Waals surface area (Å²) in [6.45, 7) is 0. The first kappa shape index (κ1) is 14.1. The lowest BCUT2D eigenvalue weighted by Crippen LogP contribution is -2.34. The first-order valence-corrected chi connectivity index (χ1v) is 6.07. The number of nitrogens with zero attached hydrogens (tertiary/aromatic N) is 1. The standard InChI is InChI=1S/C10H10BrN3O4/c11-6-5-9(15)13-10(16)12-7-3-1-2-4-8(7)14(17)18/h1-4H,5-6H2,(H2,12,13,15,16). The molecule has 0 spiro atoms. The fourth-order valence-electron chi connectivity index (χ4n) is 1.17. The van der Waals surface area contributed by atoms with E-state index in [9.17, 15) is 19.7 Å². The number of amides is 3. The van der Waals surface area contributed by atoms with Gasteiger partial charge in [-0.15, -0.1) is 0 Å². The molecule has 18 heavy (non-hydrogen) atoms. The lowest BCUT2D eigenvalue weighted by atomic mass is 10.3. The Morgan fingerprint density at radius 1 is 1.33 bits per heavy atom. The summed E-state index contributed by atoms with van der Waals surface area (Å²) in [5.41, 5.74) is -0.202. The highest BCUT2D eigenvalue weighted by Gasteiger charge is 2.15. The first-order chi connectivity index (χ1) is 8.54. The molecule has 0 fully saturated rings. The molecule has 0 unspecified atom stereocenters. The van der Waals surface area contributed by atoms with Crippen LogP contribution in [0.3, 0.4) is 0 Å². The van der Waals surface area contributed by atoms with Crippen LogP contribution in [0.25, 0.3) is 0 Å². The van der Waals surface area contributed by atoms with Crippen LogP contribution in [0.1, 0.15) is 6.42 Å². The Hall–Kier alpha value is -1.96. The number of nitrogens with one attached hydrogen (secondary N) is 2. The minimum atomic E-state index is -0.796. The van der Waals surface area contributed by atoms with Crippen LogP contribution >= 0.6 is 15.9 Å². The van der Waals surface area contributed by atoms with E-state index in [2.05, 4.69) is 26.6 Å². The molecule has 2 N–H and O–H groups in total. The molecule has 0 heterocycles. The summed E-state index contributed by atoms with van der Waals surface area (Å²) < 4.78 is 0. The van der Waals surface area contributed by atoms with Gasteiger partial charge in [0.2, 0.25) is 5.91 Å². The Balaban J connectivity index is 2.70. The minimum absolute atomic E-state index is 0.0339. The van der Waals surface area contributed by atoms with Crippen LogP contribution in [0.5, 0.6) is 0 Å². The Kier molecular flexibility index (Phi) is 5.25. The number of benzene rings is 1. The quantitative estimate of drug-likeness (QED) is 0.504. The lowest BCUT2D eigenvalue weighted by molar-refractivity contribution is -0.383. The van der Waals surface area contributed by atoms with Crippen molar-refractivity contribution in [2.75, 3.05) is 10.6 Å². The van der Waals surface area contributed by atoms with Crippen molar-refractivity contribution in [3.63, 3.8) is 0 Å². The third-order valence-corrected chi connectivity index (χ3v) is 2.32. The van der Waals surface area contributed by atoms with Gasteiger partial charge in [-0.1, -0.05) is 28.1 Å². The maximum atomic E-state index is 11.4. The summed E-state index contributed by atoms with van der Waals surface area (Å²) in [6, 6.07) is 4.87. The number of halogens is 1. The first-order valence-electron chi connectivity index (χ1n) is 4.95. The molecule has 1 aromatic rings. The maximum Gasteiger partial charge on any atom is 0.326 e. The molecule has 0 aliphatic carbocycles. The summed E-state index contributed by atoms with van der Waals surface area (Å²) in [7, 11) is 0. The molecule has 1 rings (SSSR count). The van der Waals surface area contributed by atoms with E-state index in [1.165, 1.54) is 18.2 Å². The third-order valence-electron chi connectivity index (χ3n) is 1.92. The normalized spacial score (nSPS) is 9.61. The van der Waals surface area contributed by atoms with Gasteiger partial charge in [0.25, 0.3) is 5.69 Å². The van der Waals surface area contributed by atoms with E-state index in [0.717, 1.165) is 0 Å². The van der Waals surface area contributed by atoms with Gasteiger partial charge in [0.15, 0.2) is 0 Å². The van der Waals surface area contributed by atoms with E-state index < -0.39 is 16.9 Å². The van der Waals surface area contributed by atoms with E-state index in [1.807, 2.05) is 0 Å². The predicted molar refractivity (Wildman–Crippen MR) is 68.7 cm³/mol. The highest BCUT2D eigenvalue weighted by molar-refractivity contribution is 9.09. The van der Waals surface area contributed by atoms with Gasteiger partial charge in [-0.3, -0.25) is 20.2 Å². The Morgan fingerprint density at radius 3 is 2.61 bits per heavy atom. The molecule has 0 radical (unpaired) electrons. The van der Waals surface area contributed by atoms with E-state index in [0.29, 0.717) is 5.33 Å². The van der Waals surface area contributed by atoms with Crippen molar-refractivity contribution in [2.45, 2.75) is 6.42 Å². The van der Waals surface area contributed by atoms with Crippen molar-refractivity contribution in [2.24, 2.45) is 0 Å². The second kappa shape index (κ2) is 6.70. The SMILES string of the molecule is O=C(CCBr)NC(=O)Nc1ccccc1[N+](=O)[O-]. The summed E-state index contributed by atoms with van der Waals surface area (Å²) in [5, 5.41) is 15.4. The zero-order chi connectivity index (χ0) is 13.5. The van der Waals surface area contributed by atoms with Gasteiger partial charge in [0.05, 0.1) is 4.92 Å². The smallest absolute Gasteiger partial charge is 0.302 e. The van der Waals surface area contributed by atoms with Crippen LogP contribution in [0.4, 0.5) is 16.2 Å². The molecule has 0 atom stereocenters. The van der Waals surface area contributed by atoms with Gasteiger partial charge in [-0.05, 0) is 6.07 Å². The highest BCUT2D eigenvalue weighted by atomic mass is 79.9. The molecule has 0 aliphatic heterocycles. The zero-order valence-corrected chi connectivity index (χ0v) is 10.8. The summed E-state index contributed by atoms with van der Waals surface area (Å²) in [4.78, 5) is 32.6. The molecule has 3 amide bonds. The van der Waals surface area contributed by atoms with Gasteiger partial charge in [0.1, 0.15) is 5.69 Å². The molecular weight excluding hydrogens is 306 g/mol. The van der Waals surface area contributed by atoms with Crippen molar-refractivity contribution in [1.82, 2.24) is 5.32 Å². The zero-order valence-electron chi connectivity index (χ0n) is 9.18. The van der Waals surface area contributed by atoms with E-state index >= 15 is 0 Å². The molecular formula is C10H10BrN3O4. The summed E-state index contributed by atoms with van der Waals surface area (Å²) >= 11 is 3.06. The number of carbonyl (C=O) groups is 2. The Bertz CT molecular complexity index is 478. The van der Waals surface area contributed by atoms with Crippen molar-refractivity contribution in [1.29, 1.82) is 0 Å². The molecule has 1 aromatic carbocycles. The number of carbonyl (C=O) groups excluding carboxylic acids is 2. The molecule has 96 valence electrons. The number of para-hydroxylation sites is 2. The number of alkyl halides is 1. The molecule has 8 heteroatoms. The largest absolute Gasteiger partial charge is 0.326 e. The molecule has 0 aliphatic rings. The monoisotopic (exact) mass is 315 g/mol. The van der Waals surface area contributed by atoms with Crippen LogP contribution in [0.2, 0.25) is 0 Å². The fourth-order valence-corrected chi connectivity index (χ4v) is 1.53. The number of urea groups is 1. The van der Waals surface area contributed by atoms with Crippen molar-refractivity contribution >= 4 is 39.2 Å². The number of rotatable bonds is 4. The van der Waals surface area contributed by atoms with E-state index in [1.54, 1.807) is 6.07 Å². The lowest BCUT2D eigenvalue weighted by Gasteiger charge is -2.06. The second-order valence-corrected chi connectivity index (χ2v) is 4.01. The average molecular weight is 316 g/mol. The van der Waals surface area contributed by atoms with Crippen molar-refractivity contribution in [3.8, 4) is 0 Å². The van der Waals surface area contributed by atoms with Gasteiger partial charge >= 0.3 is 6.03 Å². The van der Waals surface area contributed by atoms with Gasteiger partial charge in [0, 0.05) is 17.8 Å². The number of hydrogen-bond acceptors (Lipinski definition) is 4. The molecule has 0 bridgehead atoms.